The van der Waals surface area contributed by atoms with E-state index in [2.05, 4.69) is 22.9 Å². The van der Waals surface area contributed by atoms with Crippen molar-refractivity contribution in [2.24, 2.45) is 5.92 Å². The minimum absolute atomic E-state index is 0.0864. The highest BCUT2D eigenvalue weighted by molar-refractivity contribution is 9.10. The first kappa shape index (κ1) is 15.5. The Morgan fingerprint density at radius 2 is 1.86 bits per heavy atom. The second kappa shape index (κ2) is 5.66. The number of benzene rings is 2. The standard InChI is InChI=1S/C16H13BrFO3S/c1-10-9-21-15-8-11(17)2-7-14(15)16(10)22(19,20)13-5-3-12(18)4-6-13/h2-8,10,16H,1,9H2. The van der Waals surface area contributed by atoms with Crippen LogP contribution in [0.15, 0.2) is 51.8 Å². The molecule has 0 amide bonds. The lowest BCUT2D eigenvalue weighted by molar-refractivity contribution is 0.242. The molecule has 22 heavy (non-hydrogen) atoms. The normalized spacial score (nSPS) is 21.0. The molecular formula is C16H13BrFO3S. The van der Waals surface area contributed by atoms with Gasteiger partial charge in [0, 0.05) is 16.0 Å². The van der Waals surface area contributed by atoms with Crippen LogP contribution in [0.2, 0.25) is 0 Å². The smallest absolute Gasteiger partial charge is 0.185 e. The zero-order valence-electron chi connectivity index (χ0n) is 11.5. The van der Waals surface area contributed by atoms with E-state index in [1.54, 1.807) is 18.2 Å². The van der Waals surface area contributed by atoms with Gasteiger partial charge in [0.05, 0.1) is 11.5 Å². The maximum absolute atomic E-state index is 13.0. The molecular weight excluding hydrogens is 371 g/mol. The first-order valence-electron chi connectivity index (χ1n) is 6.64. The molecule has 0 bridgehead atoms. The monoisotopic (exact) mass is 383 g/mol. The minimum atomic E-state index is -3.68. The molecule has 0 saturated carbocycles. The molecule has 6 heteroatoms. The fraction of sp³-hybridized carbons (Fsp3) is 0.188. The van der Waals surface area contributed by atoms with Gasteiger partial charge in [0.1, 0.15) is 16.8 Å². The van der Waals surface area contributed by atoms with Crippen LogP contribution in [0.1, 0.15) is 10.8 Å². The molecule has 3 nitrogen and oxygen atoms in total. The summed E-state index contributed by atoms with van der Waals surface area (Å²) < 4.78 is 45.3. The first-order chi connectivity index (χ1) is 10.4. The van der Waals surface area contributed by atoms with E-state index in [1.165, 1.54) is 12.1 Å². The second-order valence-corrected chi connectivity index (χ2v) is 8.16. The largest absolute Gasteiger partial charge is 0.493 e. The van der Waals surface area contributed by atoms with Crippen molar-refractivity contribution in [3.8, 4) is 5.75 Å². The topological polar surface area (TPSA) is 43.4 Å². The summed E-state index contributed by atoms with van der Waals surface area (Å²) in [7, 11) is -3.68. The van der Waals surface area contributed by atoms with Crippen molar-refractivity contribution in [2.45, 2.75) is 10.1 Å². The first-order valence-corrected chi connectivity index (χ1v) is 8.98. The summed E-state index contributed by atoms with van der Waals surface area (Å²) in [5, 5.41) is -0.810. The molecule has 0 aliphatic carbocycles. The van der Waals surface area contributed by atoms with E-state index in [-0.39, 0.29) is 11.5 Å². The van der Waals surface area contributed by atoms with Crippen molar-refractivity contribution in [1.29, 1.82) is 0 Å². The molecule has 3 rings (SSSR count). The van der Waals surface area contributed by atoms with Gasteiger partial charge in [0.15, 0.2) is 9.84 Å². The molecule has 1 aliphatic heterocycles. The van der Waals surface area contributed by atoms with E-state index in [0.29, 0.717) is 11.3 Å². The van der Waals surface area contributed by atoms with Gasteiger partial charge < -0.3 is 4.74 Å². The van der Waals surface area contributed by atoms with Gasteiger partial charge in [-0.25, -0.2) is 12.8 Å². The summed E-state index contributed by atoms with van der Waals surface area (Å²) in [6, 6.07) is 10.1. The predicted octanol–water partition coefficient (Wildman–Crippen LogP) is 3.95. The van der Waals surface area contributed by atoms with Crippen molar-refractivity contribution in [2.75, 3.05) is 6.61 Å². The number of rotatable bonds is 2. The van der Waals surface area contributed by atoms with Crippen molar-refractivity contribution < 1.29 is 17.5 Å². The van der Waals surface area contributed by atoms with Crippen LogP contribution in [0.3, 0.4) is 0 Å². The van der Waals surface area contributed by atoms with Gasteiger partial charge in [0.2, 0.25) is 0 Å². The molecule has 1 aliphatic rings. The highest BCUT2D eigenvalue weighted by Gasteiger charge is 2.39. The molecule has 0 spiro atoms. The molecule has 0 fully saturated rings. The van der Waals surface area contributed by atoms with E-state index in [9.17, 15) is 12.8 Å². The van der Waals surface area contributed by atoms with Crippen LogP contribution in [0.5, 0.6) is 5.75 Å². The highest BCUT2D eigenvalue weighted by Crippen LogP contribution is 2.43. The lowest BCUT2D eigenvalue weighted by atomic mass is 9.98. The van der Waals surface area contributed by atoms with Crippen LogP contribution in [0.4, 0.5) is 4.39 Å². The molecule has 115 valence electrons. The quantitative estimate of drug-likeness (QED) is 0.737. The van der Waals surface area contributed by atoms with Gasteiger partial charge in [-0.2, -0.15) is 0 Å². The van der Waals surface area contributed by atoms with Gasteiger partial charge in [0.25, 0.3) is 0 Å². The zero-order valence-corrected chi connectivity index (χ0v) is 13.9. The Balaban J connectivity index is 2.12. The van der Waals surface area contributed by atoms with Gasteiger partial charge in [-0.3, -0.25) is 0 Å². The molecule has 1 heterocycles. The Labute approximate surface area is 137 Å². The molecule has 0 N–H and O–H groups in total. The molecule has 0 saturated heterocycles. The average Bonchev–Trinajstić information content (AvgIpc) is 2.47. The van der Waals surface area contributed by atoms with Gasteiger partial charge in [-0.15, -0.1) is 0 Å². The van der Waals surface area contributed by atoms with Gasteiger partial charge in [-0.05, 0) is 43.3 Å². The summed E-state index contributed by atoms with van der Waals surface area (Å²) in [5.74, 6) is -0.380. The number of sulfone groups is 1. The van der Waals surface area contributed by atoms with Gasteiger partial charge in [-0.1, -0.05) is 22.0 Å². The summed E-state index contributed by atoms with van der Waals surface area (Å²) >= 11 is 3.34. The third-order valence-corrected chi connectivity index (χ3v) is 6.37. The van der Waals surface area contributed by atoms with Crippen LogP contribution >= 0.6 is 15.9 Å². The van der Waals surface area contributed by atoms with Crippen LogP contribution in [-0.2, 0) is 9.84 Å². The Bertz CT molecular complexity index is 803. The number of fused-ring (bicyclic) bond motifs is 1. The third kappa shape index (κ3) is 2.65. The maximum Gasteiger partial charge on any atom is 0.185 e. The Kier molecular flexibility index (Phi) is 3.99. The fourth-order valence-corrected chi connectivity index (χ4v) is 4.86. The fourth-order valence-electron chi connectivity index (χ4n) is 2.60. The SMILES string of the molecule is [CH2]C1COc2cc(Br)ccc2C1S(=O)(=O)c1ccc(F)cc1. The van der Waals surface area contributed by atoms with Gasteiger partial charge >= 0.3 is 0 Å². The van der Waals surface area contributed by atoms with E-state index in [0.717, 1.165) is 16.6 Å². The minimum Gasteiger partial charge on any atom is -0.493 e. The van der Waals surface area contributed by atoms with E-state index in [4.69, 9.17) is 4.74 Å². The van der Waals surface area contributed by atoms with Crippen molar-refractivity contribution >= 4 is 25.8 Å². The summed E-state index contributed by atoms with van der Waals surface area (Å²) in [4.78, 5) is 0.0864. The Morgan fingerprint density at radius 3 is 2.55 bits per heavy atom. The summed E-state index contributed by atoms with van der Waals surface area (Å²) in [6.07, 6.45) is 0. The molecule has 2 unspecified atom stereocenters. The van der Waals surface area contributed by atoms with Crippen LogP contribution in [-0.4, -0.2) is 15.0 Å². The van der Waals surface area contributed by atoms with E-state index < -0.39 is 26.8 Å². The molecule has 2 atom stereocenters. The van der Waals surface area contributed by atoms with Crippen molar-refractivity contribution in [1.82, 2.24) is 0 Å². The number of ether oxygens (including phenoxy) is 1. The Hall–Kier alpha value is -1.40. The lowest BCUT2D eigenvalue weighted by Crippen LogP contribution is -2.29. The average molecular weight is 384 g/mol. The summed E-state index contributed by atoms with van der Waals surface area (Å²) in [5.41, 5.74) is 0.582. The highest BCUT2D eigenvalue weighted by atomic mass is 79.9. The van der Waals surface area contributed by atoms with Crippen molar-refractivity contribution in [3.63, 3.8) is 0 Å². The van der Waals surface area contributed by atoms with E-state index in [1.807, 2.05) is 0 Å². The van der Waals surface area contributed by atoms with E-state index >= 15 is 0 Å². The maximum atomic E-state index is 13.0. The predicted molar refractivity (Wildman–Crippen MR) is 84.8 cm³/mol. The molecule has 0 aromatic heterocycles. The van der Waals surface area contributed by atoms with Crippen LogP contribution < -0.4 is 4.74 Å². The number of halogens is 2. The Morgan fingerprint density at radius 1 is 1.18 bits per heavy atom. The molecule has 2 aromatic rings. The third-order valence-electron chi connectivity index (χ3n) is 3.64. The molecule has 1 radical (unpaired) electrons. The zero-order chi connectivity index (χ0) is 15.9. The van der Waals surface area contributed by atoms with Crippen LogP contribution in [0, 0.1) is 18.7 Å². The molecule has 2 aromatic carbocycles. The second-order valence-electron chi connectivity index (χ2n) is 5.17. The number of hydrogen-bond donors (Lipinski definition) is 0. The number of hydrogen-bond acceptors (Lipinski definition) is 3. The van der Waals surface area contributed by atoms with Crippen molar-refractivity contribution in [3.05, 3.63) is 65.2 Å². The lowest BCUT2D eigenvalue weighted by Gasteiger charge is -2.31. The van der Waals surface area contributed by atoms with Crippen LogP contribution in [0.25, 0.3) is 0 Å². The summed E-state index contributed by atoms with van der Waals surface area (Å²) in [6.45, 7) is 4.14.